The Morgan fingerprint density at radius 2 is 2.00 bits per heavy atom. The molecule has 1 rings (SSSR count). The van der Waals surface area contributed by atoms with E-state index in [4.69, 9.17) is 16.7 Å². The van der Waals surface area contributed by atoms with Crippen molar-refractivity contribution in [3.63, 3.8) is 0 Å². The van der Waals surface area contributed by atoms with Gasteiger partial charge < -0.3 is 5.11 Å². The average molecular weight is 291 g/mol. The van der Waals surface area contributed by atoms with Gasteiger partial charge in [0.05, 0.1) is 15.7 Å². The van der Waals surface area contributed by atoms with Gasteiger partial charge in [-0.25, -0.2) is 13.2 Å². The Balaban J connectivity index is 3.57. The zero-order valence-corrected chi connectivity index (χ0v) is 12.0. The lowest BCUT2D eigenvalue weighted by molar-refractivity contribution is 0.0696. The minimum Gasteiger partial charge on any atom is -0.478 e. The van der Waals surface area contributed by atoms with Gasteiger partial charge in [0.15, 0.2) is 9.84 Å². The van der Waals surface area contributed by atoms with Crippen molar-refractivity contribution >= 4 is 27.4 Å². The van der Waals surface area contributed by atoms with Crippen LogP contribution < -0.4 is 0 Å². The number of hydrogen-bond acceptors (Lipinski definition) is 3. The summed E-state index contributed by atoms with van der Waals surface area (Å²) in [5.41, 5.74) is 0.150. The van der Waals surface area contributed by atoms with Gasteiger partial charge >= 0.3 is 5.97 Å². The summed E-state index contributed by atoms with van der Waals surface area (Å²) in [5, 5.41) is 8.56. The molecular weight excluding hydrogens is 276 g/mol. The maximum Gasteiger partial charge on any atom is 0.336 e. The first-order chi connectivity index (χ1) is 8.21. The molecule has 18 heavy (non-hydrogen) atoms. The van der Waals surface area contributed by atoms with Gasteiger partial charge in [-0.3, -0.25) is 0 Å². The molecule has 0 saturated heterocycles. The predicted octanol–water partition coefficient (Wildman–Crippen LogP) is 2.92. The molecule has 1 N–H and O–H groups in total. The number of sulfone groups is 1. The van der Waals surface area contributed by atoms with E-state index in [1.54, 1.807) is 13.8 Å². The van der Waals surface area contributed by atoms with Crippen LogP contribution in [-0.4, -0.2) is 24.7 Å². The van der Waals surface area contributed by atoms with E-state index in [0.717, 1.165) is 0 Å². The van der Waals surface area contributed by atoms with Gasteiger partial charge in [-0.05, 0) is 38.0 Å². The monoisotopic (exact) mass is 290 g/mol. The summed E-state index contributed by atoms with van der Waals surface area (Å²) in [6.45, 7) is 4.84. The second-order valence-electron chi connectivity index (χ2n) is 4.15. The Labute approximate surface area is 112 Å². The first-order valence-electron chi connectivity index (χ1n) is 5.49. The third-order valence-corrected chi connectivity index (χ3v) is 5.61. The van der Waals surface area contributed by atoms with Gasteiger partial charge in [0.1, 0.15) is 0 Å². The third kappa shape index (κ3) is 2.67. The molecule has 0 bridgehead atoms. The van der Waals surface area contributed by atoms with Crippen molar-refractivity contribution in [1.82, 2.24) is 0 Å². The Bertz CT molecular complexity index is 578. The van der Waals surface area contributed by atoms with E-state index in [1.807, 2.05) is 0 Å². The fraction of sp³-hybridized carbons (Fsp3) is 0.417. The summed E-state index contributed by atoms with van der Waals surface area (Å²) in [6, 6.07) is 2.57. The van der Waals surface area contributed by atoms with Crippen LogP contribution >= 0.6 is 11.6 Å². The molecule has 1 aromatic rings. The molecule has 0 fully saturated rings. The van der Waals surface area contributed by atoms with Crippen molar-refractivity contribution in [3.8, 4) is 0 Å². The van der Waals surface area contributed by atoms with Gasteiger partial charge in [0.25, 0.3) is 0 Å². The number of benzene rings is 1. The summed E-state index contributed by atoms with van der Waals surface area (Å²) in [7, 11) is -3.55. The summed E-state index contributed by atoms with van der Waals surface area (Å²) < 4.78 is 24.5. The minimum absolute atomic E-state index is 0.00162. The van der Waals surface area contributed by atoms with E-state index in [9.17, 15) is 13.2 Å². The predicted molar refractivity (Wildman–Crippen MR) is 70.1 cm³/mol. The molecule has 0 heterocycles. The zero-order valence-electron chi connectivity index (χ0n) is 10.4. The maximum absolute atomic E-state index is 12.3. The largest absolute Gasteiger partial charge is 0.478 e. The summed E-state index contributed by atoms with van der Waals surface area (Å²) in [4.78, 5) is 11.0. The number of hydrogen-bond donors (Lipinski definition) is 1. The molecule has 6 heteroatoms. The summed E-state index contributed by atoms with van der Waals surface area (Å²) in [5.74, 6) is -1.18. The number of halogens is 1. The Kier molecular flexibility index (Phi) is 4.40. The first-order valence-corrected chi connectivity index (χ1v) is 7.41. The van der Waals surface area contributed by atoms with Crippen molar-refractivity contribution in [2.75, 3.05) is 0 Å². The maximum atomic E-state index is 12.3. The van der Waals surface area contributed by atoms with E-state index in [0.29, 0.717) is 6.42 Å². The van der Waals surface area contributed by atoms with Gasteiger partial charge in [-0.1, -0.05) is 18.5 Å². The SMILES string of the molecule is CCC(C)S(=O)(=O)c1cc(Cl)cc(C(=O)O)c1C. The fourth-order valence-corrected chi connectivity index (χ4v) is 3.59. The van der Waals surface area contributed by atoms with E-state index in [1.165, 1.54) is 19.1 Å². The Hall–Kier alpha value is -1.07. The number of carbonyl (C=O) groups is 1. The molecule has 0 aromatic heterocycles. The molecule has 1 unspecified atom stereocenters. The molecule has 1 atom stereocenters. The molecule has 1 aromatic carbocycles. The number of carboxylic acids is 1. The fourth-order valence-electron chi connectivity index (χ4n) is 1.61. The highest BCUT2D eigenvalue weighted by Gasteiger charge is 2.26. The molecular formula is C12H15ClO4S. The van der Waals surface area contributed by atoms with Crippen molar-refractivity contribution in [1.29, 1.82) is 0 Å². The van der Waals surface area contributed by atoms with E-state index >= 15 is 0 Å². The highest BCUT2D eigenvalue weighted by Crippen LogP contribution is 2.28. The van der Waals surface area contributed by atoms with Crippen LogP contribution in [-0.2, 0) is 9.84 Å². The van der Waals surface area contributed by atoms with Gasteiger partial charge in [-0.2, -0.15) is 0 Å². The Morgan fingerprint density at radius 3 is 2.44 bits per heavy atom. The van der Waals surface area contributed by atoms with Crippen LogP contribution in [0, 0.1) is 6.92 Å². The number of rotatable bonds is 4. The second kappa shape index (κ2) is 5.28. The molecule has 0 spiro atoms. The lowest BCUT2D eigenvalue weighted by atomic mass is 10.1. The van der Waals surface area contributed by atoms with Gasteiger partial charge in [0, 0.05) is 5.02 Å². The molecule has 0 saturated carbocycles. The van der Waals surface area contributed by atoms with Crippen molar-refractivity contribution in [2.24, 2.45) is 0 Å². The molecule has 0 radical (unpaired) electrons. The van der Waals surface area contributed by atoms with Gasteiger partial charge in [0.2, 0.25) is 0 Å². The van der Waals surface area contributed by atoms with Crippen molar-refractivity contribution < 1.29 is 18.3 Å². The molecule has 0 aliphatic rings. The van der Waals surface area contributed by atoms with Crippen LogP contribution in [0.25, 0.3) is 0 Å². The number of carboxylic acid groups (broad SMARTS) is 1. The quantitative estimate of drug-likeness (QED) is 0.925. The van der Waals surface area contributed by atoms with Crippen LogP contribution in [0.5, 0.6) is 0 Å². The molecule has 0 aliphatic carbocycles. The van der Waals surface area contributed by atoms with Crippen molar-refractivity contribution in [3.05, 3.63) is 28.3 Å². The Morgan fingerprint density at radius 1 is 1.44 bits per heavy atom. The molecule has 0 aliphatic heterocycles. The number of aromatic carboxylic acids is 1. The van der Waals surface area contributed by atoms with Crippen molar-refractivity contribution in [2.45, 2.75) is 37.3 Å². The lowest BCUT2D eigenvalue weighted by Gasteiger charge is -2.14. The topological polar surface area (TPSA) is 71.4 Å². The molecule has 4 nitrogen and oxygen atoms in total. The zero-order chi connectivity index (χ0) is 14.1. The van der Waals surface area contributed by atoms with Crippen LogP contribution in [0.2, 0.25) is 5.02 Å². The van der Waals surface area contributed by atoms with Crippen LogP contribution in [0.15, 0.2) is 17.0 Å². The first kappa shape index (κ1) is 15.0. The highest BCUT2D eigenvalue weighted by molar-refractivity contribution is 7.92. The minimum atomic E-state index is -3.55. The van der Waals surface area contributed by atoms with E-state index in [2.05, 4.69) is 0 Å². The summed E-state index contributed by atoms with van der Waals surface area (Å²) in [6.07, 6.45) is 0.455. The second-order valence-corrected chi connectivity index (χ2v) is 6.92. The highest BCUT2D eigenvalue weighted by atomic mass is 35.5. The third-order valence-electron chi connectivity index (χ3n) is 2.97. The smallest absolute Gasteiger partial charge is 0.336 e. The van der Waals surface area contributed by atoms with Gasteiger partial charge in [-0.15, -0.1) is 0 Å². The summed E-state index contributed by atoms with van der Waals surface area (Å²) >= 11 is 5.79. The van der Waals surface area contributed by atoms with Crippen LogP contribution in [0.1, 0.15) is 36.2 Å². The van der Waals surface area contributed by atoms with E-state index < -0.39 is 21.1 Å². The van der Waals surface area contributed by atoms with Crippen LogP contribution in [0.4, 0.5) is 0 Å². The normalized spacial score (nSPS) is 13.3. The average Bonchev–Trinajstić information content (AvgIpc) is 2.29. The molecule has 0 amide bonds. The molecule has 100 valence electrons. The lowest BCUT2D eigenvalue weighted by Crippen LogP contribution is -2.19. The standard InChI is InChI=1S/C12H15ClO4S/c1-4-7(2)18(16,17)11-6-9(13)5-10(8(11)3)12(14)15/h5-7H,4H2,1-3H3,(H,14,15). The van der Waals surface area contributed by atoms with Crippen LogP contribution in [0.3, 0.4) is 0 Å². The van der Waals surface area contributed by atoms with E-state index in [-0.39, 0.29) is 21.0 Å².